The Labute approximate surface area is 601 Å². The fourth-order valence-electron chi connectivity index (χ4n) is 17.5. The summed E-state index contributed by atoms with van der Waals surface area (Å²) in [5, 5.41) is 0. The molecule has 0 radical (unpaired) electrons. The summed E-state index contributed by atoms with van der Waals surface area (Å²) in [6.45, 7) is 17.6. The van der Waals surface area contributed by atoms with E-state index in [9.17, 15) is 0 Å². The lowest BCUT2D eigenvalue weighted by atomic mass is 9.51. The smallest absolute Gasteiger partial charge is 0.0241 e. The molecule has 0 spiro atoms. The number of hydrogen-bond acceptors (Lipinski definition) is 0. The molecule has 0 aliphatic rings. The van der Waals surface area contributed by atoms with Gasteiger partial charge in [0.2, 0.25) is 0 Å². The molecule has 0 bridgehead atoms. The van der Waals surface area contributed by atoms with Crippen molar-refractivity contribution in [3.8, 4) is 0 Å². The fraction of sp³-hybridized carbons (Fsp3) is 1.00. The second-order valence-corrected chi connectivity index (χ2v) is 33.6. The first-order chi connectivity index (χ1) is 46.5. The largest absolute Gasteiger partial charge is 0.0654 e. The van der Waals surface area contributed by atoms with E-state index in [1.54, 1.807) is 19.3 Å². The van der Waals surface area contributed by atoms with Gasteiger partial charge in [-0.3, -0.25) is 0 Å². The van der Waals surface area contributed by atoms with Gasteiger partial charge in [-0.25, -0.2) is 0 Å². The summed E-state index contributed by atoms with van der Waals surface area (Å²) in [5.41, 5.74) is 0.972. The molecule has 0 saturated heterocycles. The predicted molar refractivity (Wildman–Crippen MR) is 436 cm³/mol. The second kappa shape index (κ2) is 80.3. The molecule has 0 aliphatic heterocycles. The third-order valence-corrected chi connectivity index (χ3v) is 24.6. The van der Waals surface area contributed by atoms with Crippen LogP contribution >= 0.6 is 0 Å². The SMILES string of the molecule is CCCCCCCCCCCCCCCCCCCCC(C)(C(C)CCCCCCCCCCCCCCCCC)C(CCCCCCCCCCCCCCCC)(CCCCCCCCCCCCCCCCC)CCCCCCCCCCCCCCCCCCC. The maximum atomic E-state index is 2.99. The van der Waals surface area contributed by atoms with E-state index in [1.807, 2.05) is 0 Å². The fourth-order valence-corrected chi connectivity index (χ4v) is 17.5. The van der Waals surface area contributed by atoms with Crippen molar-refractivity contribution >= 4 is 0 Å². The highest BCUT2D eigenvalue weighted by molar-refractivity contribution is 4.98. The maximum Gasteiger partial charge on any atom is -0.0241 e. The number of hydrogen-bond donors (Lipinski definition) is 0. The van der Waals surface area contributed by atoms with Crippen LogP contribution in [0.3, 0.4) is 0 Å². The van der Waals surface area contributed by atoms with E-state index in [2.05, 4.69) is 48.5 Å². The normalized spacial score (nSPS) is 13.6. The van der Waals surface area contributed by atoms with Crippen LogP contribution in [0.5, 0.6) is 0 Å². The van der Waals surface area contributed by atoms with Crippen LogP contribution in [0.1, 0.15) is 588 Å². The Morgan fingerprint density at radius 1 is 0.149 bits per heavy atom. The zero-order chi connectivity index (χ0) is 68.0. The molecule has 0 saturated carbocycles. The molecule has 94 heavy (non-hydrogen) atoms. The van der Waals surface area contributed by atoms with Crippen LogP contribution in [0.2, 0.25) is 0 Å². The first kappa shape index (κ1) is 94.0. The van der Waals surface area contributed by atoms with Crippen molar-refractivity contribution in [2.45, 2.75) is 588 Å². The van der Waals surface area contributed by atoms with Crippen LogP contribution in [0, 0.1) is 16.7 Å². The first-order valence-corrected chi connectivity index (χ1v) is 46.5. The highest BCUT2D eigenvalue weighted by Crippen LogP contribution is 2.58. The second-order valence-electron chi connectivity index (χ2n) is 33.6. The van der Waals surface area contributed by atoms with Gasteiger partial charge in [0.15, 0.2) is 0 Å². The van der Waals surface area contributed by atoms with Gasteiger partial charge in [0.05, 0.1) is 0 Å². The minimum absolute atomic E-state index is 0.458. The quantitative estimate of drug-likeness (QED) is 0.0533. The van der Waals surface area contributed by atoms with Gasteiger partial charge in [0.1, 0.15) is 0 Å². The molecule has 0 aromatic heterocycles. The number of rotatable bonds is 86. The Bertz CT molecular complexity index is 1310. The highest BCUT2D eigenvalue weighted by Gasteiger charge is 2.48. The Hall–Kier alpha value is 0. The minimum atomic E-state index is 0.458. The van der Waals surface area contributed by atoms with E-state index >= 15 is 0 Å². The van der Waals surface area contributed by atoms with Gasteiger partial charge in [0.25, 0.3) is 0 Å². The van der Waals surface area contributed by atoms with E-state index in [-0.39, 0.29) is 0 Å². The third-order valence-electron chi connectivity index (χ3n) is 24.6. The third kappa shape index (κ3) is 65.3. The molecule has 0 amide bonds. The summed E-state index contributed by atoms with van der Waals surface area (Å²) in [5.74, 6) is 0.842. The molecule has 0 aromatic carbocycles. The molecule has 0 heteroatoms. The van der Waals surface area contributed by atoms with Crippen LogP contribution in [-0.4, -0.2) is 0 Å². The summed E-state index contributed by atoms with van der Waals surface area (Å²) >= 11 is 0. The molecule has 0 rings (SSSR count). The highest BCUT2D eigenvalue weighted by atomic mass is 14.5. The molecule has 3 atom stereocenters. The lowest BCUT2D eigenvalue weighted by Gasteiger charge is -2.54. The summed E-state index contributed by atoms with van der Waals surface area (Å²) in [7, 11) is 0. The molecule has 0 nitrogen and oxygen atoms in total. The van der Waals surface area contributed by atoms with Crippen molar-refractivity contribution in [3.63, 3.8) is 0 Å². The van der Waals surface area contributed by atoms with Crippen molar-refractivity contribution in [2.75, 3.05) is 0 Å². The van der Waals surface area contributed by atoms with Crippen molar-refractivity contribution in [2.24, 2.45) is 16.7 Å². The van der Waals surface area contributed by atoms with Crippen LogP contribution in [0.25, 0.3) is 0 Å². The molecule has 566 valence electrons. The van der Waals surface area contributed by atoms with E-state index in [0.717, 1.165) is 5.92 Å². The average molecular weight is 1320 g/mol. The van der Waals surface area contributed by atoms with Crippen LogP contribution in [-0.2, 0) is 0 Å². The molecular formula is C94H190. The van der Waals surface area contributed by atoms with E-state index < -0.39 is 0 Å². The minimum Gasteiger partial charge on any atom is -0.0654 e. The van der Waals surface area contributed by atoms with Crippen LogP contribution in [0.4, 0.5) is 0 Å². The van der Waals surface area contributed by atoms with Gasteiger partial charge in [-0.1, -0.05) is 562 Å². The standard InChI is InChI=1S/C94H190/c1-8-13-18-23-28-33-38-43-48-50-52-55-58-63-68-73-78-83-88-93(7,92(6)87-82-77-72-67-62-57-53-45-40-35-30-25-20-15-10-3)94(89-84-79-74-69-64-59-47-42-37-32-27-22-17-12-5,90-85-80-75-70-65-60-54-46-41-36-31-26-21-16-11-4)91-86-81-76-71-66-61-56-51-49-44-39-34-29-24-19-14-9-2/h92H,8-91H2,1-7H3. The van der Waals surface area contributed by atoms with Gasteiger partial charge in [0, 0.05) is 0 Å². The Morgan fingerprint density at radius 3 is 0.415 bits per heavy atom. The molecule has 0 heterocycles. The summed E-state index contributed by atoms with van der Waals surface area (Å²) in [6, 6.07) is 0. The lowest BCUT2D eigenvalue weighted by Crippen LogP contribution is -2.45. The van der Waals surface area contributed by atoms with Crippen molar-refractivity contribution in [3.05, 3.63) is 0 Å². The van der Waals surface area contributed by atoms with Crippen molar-refractivity contribution in [1.29, 1.82) is 0 Å². The van der Waals surface area contributed by atoms with E-state index in [4.69, 9.17) is 0 Å². The number of unbranched alkanes of at least 4 members (excludes halogenated alkanes) is 74. The molecular weight excluding hydrogens is 1130 g/mol. The van der Waals surface area contributed by atoms with Gasteiger partial charge >= 0.3 is 0 Å². The van der Waals surface area contributed by atoms with Crippen LogP contribution < -0.4 is 0 Å². The van der Waals surface area contributed by atoms with Crippen molar-refractivity contribution < 1.29 is 0 Å². The van der Waals surface area contributed by atoms with E-state index in [1.165, 1.54) is 520 Å². The Morgan fingerprint density at radius 2 is 0.266 bits per heavy atom. The molecule has 0 N–H and O–H groups in total. The molecule has 0 aromatic rings. The lowest BCUT2D eigenvalue weighted by molar-refractivity contribution is -0.0436. The molecule has 0 fully saturated rings. The van der Waals surface area contributed by atoms with Crippen LogP contribution in [0.15, 0.2) is 0 Å². The zero-order valence-electron chi connectivity index (χ0n) is 68.0. The Kier molecular flexibility index (Phi) is 80.3. The topological polar surface area (TPSA) is 0 Å². The van der Waals surface area contributed by atoms with Gasteiger partial charge < -0.3 is 0 Å². The summed E-state index contributed by atoms with van der Waals surface area (Å²) in [6.07, 6.45) is 124. The predicted octanol–water partition coefficient (Wildman–Crippen LogP) is 36.5. The van der Waals surface area contributed by atoms with Gasteiger partial charge in [-0.15, -0.1) is 0 Å². The first-order valence-electron chi connectivity index (χ1n) is 46.5. The average Bonchev–Trinajstić information content (AvgIpc) is 0.771. The molecule has 0 aliphatic carbocycles. The summed E-state index contributed by atoms with van der Waals surface area (Å²) in [4.78, 5) is 0. The van der Waals surface area contributed by atoms with Crippen molar-refractivity contribution in [1.82, 2.24) is 0 Å². The summed E-state index contributed by atoms with van der Waals surface area (Å²) < 4.78 is 0. The Balaban J connectivity index is 6.15. The van der Waals surface area contributed by atoms with Gasteiger partial charge in [-0.2, -0.15) is 0 Å². The van der Waals surface area contributed by atoms with Gasteiger partial charge in [-0.05, 0) is 42.4 Å². The monoisotopic (exact) mass is 1320 g/mol. The maximum absolute atomic E-state index is 2.99. The molecule has 3 unspecified atom stereocenters. The van der Waals surface area contributed by atoms with E-state index in [0.29, 0.717) is 10.8 Å². The zero-order valence-corrected chi connectivity index (χ0v) is 68.0.